The topological polar surface area (TPSA) is 35.2 Å². The van der Waals surface area contributed by atoms with Gasteiger partial charge in [0.15, 0.2) is 0 Å². The van der Waals surface area contributed by atoms with Crippen LogP contribution in [0.2, 0.25) is 0 Å². The first-order valence-electron chi connectivity index (χ1n) is 6.07. The van der Waals surface area contributed by atoms with Gasteiger partial charge in [0.2, 0.25) is 0 Å². The Balaban J connectivity index is 2.05. The third-order valence-corrected chi connectivity index (χ3v) is 3.35. The zero-order valence-corrected chi connectivity index (χ0v) is 10.2. The Morgan fingerprint density at radius 1 is 1.25 bits per heavy atom. The molecule has 88 valence electrons. The van der Waals surface area contributed by atoms with Crippen LogP contribution in [0.3, 0.4) is 0 Å². The molecule has 0 heterocycles. The normalized spacial score (nSPS) is 17.8. The van der Waals surface area contributed by atoms with Crippen LogP contribution in [0.15, 0.2) is 24.3 Å². The third-order valence-electron chi connectivity index (χ3n) is 3.35. The van der Waals surface area contributed by atoms with Gasteiger partial charge in [-0.1, -0.05) is 24.3 Å². The van der Waals surface area contributed by atoms with Crippen LogP contribution in [0, 0.1) is 0 Å². The average molecular weight is 219 g/mol. The van der Waals surface area contributed by atoms with Crippen LogP contribution in [-0.2, 0) is 16.7 Å². The molecule has 16 heavy (non-hydrogen) atoms. The van der Waals surface area contributed by atoms with Crippen LogP contribution < -0.4 is 5.73 Å². The van der Waals surface area contributed by atoms with Gasteiger partial charge in [0.25, 0.3) is 0 Å². The van der Waals surface area contributed by atoms with Crippen LogP contribution in [-0.4, -0.2) is 12.7 Å². The summed E-state index contributed by atoms with van der Waals surface area (Å²) < 4.78 is 5.76. The molecule has 2 nitrogen and oxygen atoms in total. The molecule has 1 aromatic rings. The van der Waals surface area contributed by atoms with Gasteiger partial charge in [-0.3, -0.25) is 0 Å². The zero-order valence-electron chi connectivity index (χ0n) is 10.2. The predicted molar refractivity (Wildman–Crippen MR) is 66.3 cm³/mol. The molecule has 0 bridgehead atoms. The van der Waals surface area contributed by atoms with E-state index < -0.39 is 0 Å². The maximum atomic E-state index is 5.76. The monoisotopic (exact) mass is 219 g/mol. The molecule has 0 spiro atoms. The highest BCUT2D eigenvalue weighted by Gasteiger charge is 2.44. The fourth-order valence-corrected chi connectivity index (χ4v) is 1.99. The van der Waals surface area contributed by atoms with Gasteiger partial charge in [0.05, 0.1) is 12.7 Å². The highest BCUT2D eigenvalue weighted by atomic mass is 16.5. The Hall–Kier alpha value is -0.860. The molecule has 0 radical (unpaired) electrons. The van der Waals surface area contributed by atoms with Gasteiger partial charge in [-0.15, -0.1) is 0 Å². The maximum Gasteiger partial charge on any atom is 0.0566 e. The highest BCUT2D eigenvalue weighted by molar-refractivity contribution is 5.33. The molecule has 0 unspecified atom stereocenters. The van der Waals surface area contributed by atoms with Crippen molar-refractivity contribution in [3.8, 4) is 0 Å². The maximum absolute atomic E-state index is 5.76. The lowest BCUT2D eigenvalue weighted by Crippen LogP contribution is -2.18. The van der Waals surface area contributed by atoms with Gasteiger partial charge >= 0.3 is 0 Å². The van der Waals surface area contributed by atoms with Crippen molar-refractivity contribution < 1.29 is 4.74 Å². The molecule has 2 N–H and O–H groups in total. The summed E-state index contributed by atoms with van der Waals surface area (Å²) in [7, 11) is 0. The van der Waals surface area contributed by atoms with E-state index in [1.165, 1.54) is 24.0 Å². The van der Waals surface area contributed by atoms with Crippen LogP contribution >= 0.6 is 0 Å². The minimum Gasteiger partial charge on any atom is -0.378 e. The van der Waals surface area contributed by atoms with Gasteiger partial charge in [-0.05, 0) is 37.8 Å². The fourth-order valence-electron chi connectivity index (χ4n) is 1.99. The van der Waals surface area contributed by atoms with Gasteiger partial charge in [0.1, 0.15) is 0 Å². The second-order valence-electron chi connectivity index (χ2n) is 5.04. The van der Waals surface area contributed by atoms with E-state index in [9.17, 15) is 0 Å². The molecule has 0 aliphatic heterocycles. The molecule has 1 aliphatic carbocycles. The SMILES string of the molecule is CC(C)OCC1(c2ccc(CN)cc2)CC1. The van der Waals surface area contributed by atoms with Crippen molar-refractivity contribution in [2.45, 2.75) is 44.8 Å². The van der Waals surface area contributed by atoms with Crippen LogP contribution in [0.25, 0.3) is 0 Å². The van der Waals surface area contributed by atoms with E-state index in [1.807, 2.05) is 0 Å². The van der Waals surface area contributed by atoms with E-state index in [0.29, 0.717) is 18.1 Å². The number of hydrogen-bond acceptors (Lipinski definition) is 2. The predicted octanol–water partition coefficient (Wildman–Crippen LogP) is 2.60. The van der Waals surface area contributed by atoms with Crippen LogP contribution in [0.1, 0.15) is 37.8 Å². The lowest BCUT2D eigenvalue weighted by molar-refractivity contribution is 0.0619. The first-order valence-corrected chi connectivity index (χ1v) is 6.07. The largest absolute Gasteiger partial charge is 0.378 e. The molecule has 1 aliphatic rings. The second-order valence-corrected chi connectivity index (χ2v) is 5.04. The molecule has 1 aromatic carbocycles. The molecular weight excluding hydrogens is 198 g/mol. The van der Waals surface area contributed by atoms with Crippen molar-refractivity contribution in [2.75, 3.05) is 6.61 Å². The minimum atomic E-state index is 0.303. The smallest absolute Gasteiger partial charge is 0.0566 e. The van der Waals surface area contributed by atoms with Crippen LogP contribution in [0.4, 0.5) is 0 Å². The Kier molecular flexibility index (Phi) is 3.31. The zero-order chi connectivity index (χ0) is 11.6. The van der Waals surface area contributed by atoms with E-state index in [0.717, 1.165) is 6.61 Å². The number of rotatable bonds is 5. The van der Waals surface area contributed by atoms with Gasteiger partial charge < -0.3 is 10.5 Å². The Bertz CT molecular complexity index is 338. The molecule has 2 rings (SSSR count). The average Bonchev–Trinajstić information content (AvgIpc) is 3.08. The summed E-state index contributed by atoms with van der Waals surface area (Å²) in [5.41, 5.74) is 8.51. The third kappa shape index (κ3) is 2.45. The van der Waals surface area contributed by atoms with Crippen LogP contribution in [0.5, 0.6) is 0 Å². The quantitative estimate of drug-likeness (QED) is 0.826. The van der Waals surface area contributed by atoms with E-state index in [4.69, 9.17) is 10.5 Å². The van der Waals surface area contributed by atoms with Gasteiger partial charge in [0, 0.05) is 12.0 Å². The summed E-state index contributed by atoms with van der Waals surface area (Å²) in [4.78, 5) is 0. The standard InChI is InChI=1S/C14H21NO/c1-11(2)16-10-14(7-8-14)13-5-3-12(9-15)4-6-13/h3-6,11H,7-10,15H2,1-2H3. The summed E-state index contributed by atoms with van der Waals surface area (Å²) in [5.74, 6) is 0. The lowest BCUT2D eigenvalue weighted by Gasteiger charge is -2.18. The number of hydrogen-bond donors (Lipinski definition) is 1. The highest BCUT2D eigenvalue weighted by Crippen LogP contribution is 2.48. The second kappa shape index (κ2) is 4.56. The molecule has 1 saturated carbocycles. The number of benzene rings is 1. The Labute approximate surface area is 97.8 Å². The first-order chi connectivity index (χ1) is 7.66. The Morgan fingerprint density at radius 3 is 2.31 bits per heavy atom. The molecule has 0 atom stereocenters. The summed E-state index contributed by atoms with van der Waals surface area (Å²) in [6.45, 7) is 5.66. The van der Waals surface area contributed by atoms with Crippen molar-refractivity contribution in [3.05, 3.63) is 35.4 Å². The summed E-state index contributed by atoms with van der Waals surface area (Å²) in [6.07, 6.45) is 2.82. The van der Waals surface area contributed by atoms with E-state index in [-0.39, 0.29) is 0 Å². The molecule has 1 fully saturated rings. The molecular formula is C14H21NO. The first kappa shape index (κ1) is 11.6. The summed E-state index contributed by atoms with van der Waals surface area (Å²) in [6, 6.07) is 8.67. The summed E-state index contributed by atoms with van der Waals surface area (Å²) in [5, 5.41) is 0. The Morgan fingerprint density at radius 2 is 1.88 bits per heavy atom. The summed E-state index contributed by atoms with van der Waals surface area (Å²) >= 11 is 0. The molecule has 0 saturated heterocycles. The van der Waals surface area contributed by atoms with Crippen molar-refractivity contribution in [2.24, 2.45) is 5.73 Å². The van der Waals surface area contributed by atoms with Crippen molar-refractivity contribution in [1.82, 2.24) is 0 Å². The number of nitrogens with two attached hydrogens (primary N) is 1. The van der Waals surface area contributed by atoms with E-state index in [1.54, 1.807) is 0 Å². The van der Waals surface area contributed by atoms with Crippen molar-refractivity contribution >= 4 is 0 Å². The van der Waals surface area contributed by atoms with Gasteiger partial charge in [-0.25, -0.2) is 0 Å². The molecule has 0 amide bonds. The van der Waals surface area contributed by atoms with E-state index in [2.05, 4.69) is 38.1 Å². The minimum absolute atomic E-state index is 0.303. The van der Waals surface area contributed by atoms with Crippen molar-refractivity contribution in [1.29, 1.82) is 0 Å². The fraction of sp³-hybridized carbons (Fsp3) is 0.571. The van der Waals surface area contributed by atoms with Crippen molar-refractivity contribution in [3.63, 3.8) is 0 Å². The van der Waals surface area contributed by atoms with E-state index >= 15 is 0 Å². The van der Waals surface area contributed by atoms with Gasteiger partial charge in [-0.2, -0.15) is 0 Å². The molecule has 2 heteroatoms. The number of ether oxygens (including phenoxy) is 1. The molecule has 0 aromatic heterocycles. The lowest BCUT2D eigenvalue weighted by atomic mass is 9.96.